The van der Waals surface area contributed by atoms with Crippen molar-refractivity contribution in [1.82, 2.24) is 24.8 Å². The number of carbonyl (C=O) groups excluding carboxylic acids is 1. The first kappa shape index (κ1) is 30.2. The van der Waals surface area contributed by atoms with E-state index in [2.05, 4.69) is 30.6 Å². The largest absolute Gasteiger partial charge is 0.438 e. The zero-order chi connectivity index (χ0) is 30.4. The zero-order valence-electron chi connectivity index (χ0n) is 23.8. The number of nitrogens with one attached hydrogen (secondary N) is 2. The summed E-state index contributed by atoms with van der Waals surface area (Å²) < 4.78 is 46.8. The molecular formula is C29H31F3N8O2. The Morgan fingerprint density at radius 3 is 2.50 bits per heavy atom. The molecule has 0 unspecified atom stereocenters. The SMILES string of the molecule is CNc1ncnc(-c2cccnc2Oc2cc(C(=O)Nc3cc(C(F)(F)F)ccc3N(C)CCN(C)C)ccc2C)n1. The molecule has 10 nitrogen and oxygen atoms in total. The summed E-state index contributed by atoms with van der Waals surface area (Å²) in [5.74, 6) is 0.635. The van der Waals surface area contributed by atoms with Crippen molar-refractivity contribution in [1.29, 1.82) is 0 Å². The maximum atomic E-state index is 13.5. The van der Waals surface area contributed by atoms with Gasteiger partial charge < -0.3 is 25.2 Å². The van der Waals surface area contributed by atoms with Crippen LogP contribution < -0.4 is 20.3 Å². The van der Waals surface area contributed by atoms with E-state index in [-0.39, 0.29) is 17.1 Å². The van der Waals surface area contributed by atoms with Crippen molar-refractivity contribution < 1.29 is 22.7 Å². The van der Waals surface area contributed by atoms with E-state index in [9.17, 15) is 18.0 Å². The minimum absolute atomic E-state index is 0.0429. The average molecular weight is 581 g/mol. The van der Waals surface area contributed by atoms with Gasteiger partial charge in [-0.15, -0.1) is 0 Å². The van der Waals surface area contributed by atoms with E-state index in [1.54, 1.807) is 56.4 Å². The van der Waals surface area contributed by atoms with Crippen LogP contribution in [0.1, 0.15) is 21.5 Å². The number of nitrogens with zero attached hydrogens (tertiary/aromatic N) is 6. The summed E-state index contributed by atoms with van der Waals surface area (Å²) in [6, 6.07) is 11.5. The van der Waals surface area contributed by atoms with Crippen LogP contribution in [0.25, 0.3) is 11.4 Å². The van der Waals surface area contributed by atoms with Gasteiger partial charge in [0.25, 0.3) is 5.91 Å². The normalized spacial score (nSPS) is 11.4. The number of aryl methyl sites for hydroxylation is 1. The second-order valence-electron chi connectivity index (χ2n) is 9.73. The molecule has 0 fully saturated rings. The third-order valence-electron chi connectivity index (χ3n) is 6.33. The first-order valence-corrected chi connectivity index (χ1v) is 13.0. The molecule has 2 N–H and O–H groups in total. The molecule has 0 saturated heterocycles. The number of rotatable bonds is 10. The molecule has 0 bridgehead atoms. The number of carbonyl (C=O) groups is 1. The van der Waals surface area contributed by atoms with Crippen LogP contribution in [0.4, 0.5) is 30.5 Å². The molecule has 13 heteroatoms. The van der Waals surface area contributed by atoms with Crippen LogP contribution in [0.5, 0.6) is 11.6 Å². The Balaban J connectivity index is 1.64. The number of halogens is 3. The van der Waals surface area contributed by atoms with E-state index in [1.807, 2.05) is 19.0 Å². The second kappa shape index (κ2) is 12.8. The number of likely N-dealkylation sites (N-methyl/N-ethyl adjacent to an activating group) is 2. The molecular weight excluding hydrogens is 549 g/mol. The van der Waals surface area contributed by atoms with Crippen LogP contribution in [0.15, 0.2) is 61.1 Å². The summed E-state index contributed by atoms with van der Waals surface area (Å²) in [5, 5.41) is 5.52. The first-order valence-electron chi connectivity index (χ1n) is 13.0. The summed E-state index contributed by atoms with van der Waals surface area (Å²) >= 11 is 0. The lowest BCUT2D eigenvalue weighted by molar-refractivity contribution is -0.137. The number of amides is 1. The number of alkyl halides is 3. The van der Waals surface area contributed by atoms with Crippen LogP contribution >= 0.6 is 0 Å². The summed E-state index contributed by atoms with van der Waals surface area (Å²) in [4.78, 5) is 34.0. The molecule has 2 aromatic heterocycles. The van der Waals surface area contributed by atoms with E-state index >= 15 is 0 Å². The maximum Gasteiger partial charge on any atom is 0.416 e. The maximum absolute atomic E-state index is 13.5. The minimum atomic E-state index is -4.57. The Kier molecular flexibility index (Phi) is 9.21. The number of ether oxygens (including phenoxy) is 1. The van der Waals surface area contributed by atoms with Crippen LogP contribution in [0.3, 0.4) is 0 Å². The number of anilines is 3. The van der Waals surface area contributed by atoms with E-state index in [4.69, 9.17) is 4.74 Å². The van der Waals surface area contributed by atoms with Gasteiger partial charge in [0.05, 0.1) is 22.5 Å². The lowest BCUT2D eigenvalue weighted by atomic mass is 10.1. The molecule has 1 amide bonds. The third kappa shape index (κ3) is 7.29. The third-order valence-corrected chi connectivity index (χ3v) is 6.33. The van der Waals surface area contributed by atoms with E-state index in [1.165, 1.54) is 18.5 Å². The van der Waals surface area contributed by atoms with Crippen LogP contribution in [-0.4, -0.2) is 72.0 Å². The molecule has 2 aromatic carbocycles. The highest BCUT2D eigenvalue weighted by atomic mass is 19.4. The highest BCUT2D eigenvalue weighted by Gasteiger charge is 2.31. The van der Waals surface area contributed by atoms with E-state index < -0.39 is 17.6 Å². The molecule has 2 heterocycles. The van der Waals surface area contributed by atoms with Crippen LogP contribution in [0.2, 0.25) is 0 Å². The molecule has 0 saturated carbocycles. The van der Waals surface area contributed by atoms with Gasteiger partial charge in [-0.3, -0.25) is 4.79 Å². The van der Waals surface area contributed by atoms with Gasteiger partial charge in [-0.25, -0.2) is 15.0 Å². The molecule has 220 valence electrons. The Bertz CT molecular complexity index is 1560. The lowest BCUT2D eigenvalue weighted by Crippen LogP contribution is -2.29. The van der Waals surface area contributed by atoms with Crippen molar-refractivity contribution in [2.24, 2.45) is 0 Å². The van der Waals surface area contributed by atoms with Gasteiger partial charge in [-0.2, -0.15) is 18.2 Å². The molecule has 4 rings (SSSR count). The molecule has 4 aromatic rings. The van der Waals surface area contributed by atoms with Gasteiger partial charge >= 0.3 is 6.18 Å². The quantitative estimate of drug-likeness (QED) is 0.257. The number of hydrogen-bond acceptors (Lipinski definition) is 9. The molecule has 0 radical (unpaired) electrons. The van der Waals surface area contributed by atoms with Gasteiger partial charge in [0.15, 0.2) is 5.82 Å². The summed E-state index contributed by atoms with van der Waals surface area (Å²) in [6.07, 6.45) is -1.66. The van der Waals surface area contributed by atoms with Crippen molar-refractivity contribution in [3.63, 3.8) is 0 Å². The number of benzene rings is 2. The molecule has 0 aliphatic rings. The van der Waals surface area contributed by atoms with Crippen molar-refractivity contribution in [3.05, 3.63) is 77.7 Å². The standard InChI is InChI=1S/C29H31F3N8O2/c1-18-8-9-19(15-24(18)42-27-21(7-6-12-34-27)25-35-17-36-28(33-2)38-25)26(41)37-22-16-20(29(30,31)32)10-11-23(22)40(5)14-13-39(3)4/h6-12,15-17H,13-14H2,1-5H3,(H,37,41)(H,33,35,36,38). The van der Waals surface area contributed by atoms with Crippen molar-refractivity contribution in [2.45, 2.75) is 13.1 Å². The monoisotopic (exact) mass is 580 g/mol. The Morgan fingerprint density at radius 1 is 1.00 bits per heavy atom. The molecule has 0 aliphatic carbocycles. The van der Waals surface area contributed by atoms with Crippen molar-refractivity contribution in [3.8, 4) is 23.0 Å². The van der Waals surface area contributed by atoms with Crippen LogP contribution in [0, 0.1) is 6.92 Å². The van der Waals surface area contributed by atoms with E-state index in [0.29, 0.717) is 47.4 Å². The second-order valence-corrected chi connectivity index (χ2v) is 9.73. The topological polar surface area (TPSA) is 108 Å². The van der Waals surface area contributed by atoms with Gasteiger partial charge in [-0.1, -0.05) is 6.07 Å². The minimum Gasteiger partial charge on any atom is -0.438 e. The van der Waals surface area contributed by atoms with Crippen molar-refractivity contribution in [2.75, 3.05) is 56.8 Å². The summed E-state index contributed by atoms with van der Waals surface area (Å²) in [7, 11) is 7.25. The van der Waals surface area contributed by atoms with Gasteiger partial charge in [0.1, 0.15) is 12.1 Å². The summed E-state index contributed by atoms with van der Waals surface area (Å²) in [5.41, 5.74) is 1.03. The lowest BCUT2D eigenvalue weighted by Gasteiger charge is -2.25. The van der Waals surface area contributed by atoms with Gasteiger partial charge in [-0.05, 0) is 69.0 Å². The Morgan fingerprint density at radius 2 is 1.79 bits per heavy atom. The highest BCUT2D eigenvalue weighted by Crippen LogP contribution is 2.36. The summed E-state index contributed by atoms with van der Waals surface area (Å²) in [6.45, 7) is 3.00. The fourth-order valence-corrected chi connectivity index (χ4v) is 3.95. The number of pyridine rings is 1. The predicted molar refractivity (Wildman–Crippen MR) is 155 cm³/mol. The number of aromatic nitrogens is 4. The Hall–Kier alpha value is -4.78. The van der Waals surface area contributed by atoms with Crippen LogP contribution in [-0.2, 0) is 6.18 Å². The number of hydrogen-bond donors (Lipinski definition) is 2. The van der Waals surface area contributed by atoms with Gasteiger partial charge in [0.2, 0.25) is 11.8 Å². The fourth-order valence-electron chi connectivity index (χ4n) is 3.95. The highest BCUT2D eigenvalue weighted by molar-refractivity contribution is 6.06. The first-order chi connectivity index (χ1) is 20.0. The Labute approximate surface area is 241 Å². The smallest absolute Gasteiger partial charge is 0.416 e. The molecule has 0 aliphatic heterocycles. The average Bonchev–Trinajstić information content (AvgIpc) is 2.96. The molecule has 0 spiro atoms. The van der Waals surface area contributed by atoms with E-state index in [0.717, 1.165) is 12.1 Å². The molecule has 42 heavy (non-hydrogen) atoms. The zero-order valence-corrected chi connectivity index (χ0v) is 23.8. The predicted octanol–water partition coefficient (Wildman–Crippen LogP) is 5.34. The van der Waals surface area contributed by atoms with Crippen molar-refractivity contribution >= 4 is 23.2 Å². The fraction of sp³-hybridized carbons (Fsp3) is 0.276. The molecule has 0 atom stereocenters. The van der Waals surface area contributed by atoms with Gasteiger partial charge in [0, 0.05) is 38.9 Å².